The van der Waals surface area contributed by atoms with Gasteiger partial charge in [-0.2, -0.15) is 0 Å². The lowest BCUT2D eigenvalue weighted by molar-refractivity contribution is -0.153. The van der Waals surface area contributed by atoms with E-state index in [0.29, 0.717) is 0 Å². The van der Waals surface area contributed by atoms with E-state index in [1.807, 2.05) is 0 Å². The highest BCUT2D eigenvalue weighted by Crippen LogP contribution is 1.89. The molecule has 0 unspecified atom stereocenters. The number of rotatable bonds is 4. The van der Waals surface area contributed by atoms with Gasteiger partial charge in [-0.3, -0.25) is 4.79 Å². The van der Waals surface area contributed by atoms with E-state index >= 15 is 0 Å². The van der Waals surface area contributed by atoms with Crippen molar-refractivity contribution < 1.29 is 14.3 Å². The molecule has 1 heterocycles. The highest BCUT2D eigenvalue weighted by Gasteiger charge is 2.14. The van der Waals surface area contributed by atoms with E-state index in [1.165, 1.54) is 10.9 Å². The molecule has 0 saturated carbocycles. The predicted molar refractivity (Wildman–Crippen MR) is 43.9 cm³/mol. The summed E-state index contributed by atoms with van der Waals surface area (Å²) >= 11 is 0. The smallest absolute Gasteiger partial charge is 0.376 e. The van der Waals surface area contributed by atoms with E-state index < -0.39 is 11.8 Å². The molecule has 13 heavy (non-hydrogen) atoms. The van der Waals surface area contributed by atoms with Crippen LogP contribution in [0.3, 0.4) is 0 Å². The number of ketones is 1. The zero-order valence-electron chi connectivity index (χ0n) is 7.27. The summed E-state index contributed by atoms with van der Waals surface area (Å²) in [6, 6.07) is 0. The van der Waals surface area contributed by atoms with Crippen LogP contribution in [0.2, 0.25) is 0 Å². The first-order valence-electron chi connectivity index (χ1n) is 3.89. The lowest BCUT2D eigenvalue weighted by Crippen LogP contribution is -2.21. The maximum Gasteiger partial charge on any atom is 0.376 e. The molecule has 0 aromatic carbocycles. The maximum atomic E-state index is 11.1. The van der Waals surface area contributed by atoms with Crippen molar-refractivity contribution in [2.24, 2.45) is 0 Å². The Morgan fingerprint density at radius 1 is 1.54 bits per heavy atom. The van der Waals surface area contributed by atoms with Crippen LogP contribution in [0.1, 0.15) is 6.92 Å². The number of aromatic nitrogens is 2. The molecule has 0 N–H and O–H groups in total. The van der Waals surface area contributed by atoms with Crippen LogP contribution in [0.4, 0.5) is 0 Å². The molecule has 0 atom stereocenters. The number of esters is 1. The predicted octanol–water partition coefficient (Wildman–Crippen LogP) is 0.0153. The van der Waals surface area contributed by atoms with Crippen LogP contribution in [0.25, 0.3) is 0 Å². The highest BCUT2D eigenvalue weighted by atomic mass is 16.5. The summed E-state index contributed by atoms with van der Waals surface area (Å²) in [6.07, 6.45) is 4.62. The molecule has 1 aromatic rings. The van der Waals surface area contributed by atoms with Crippen molar-refractivity contribution in [2.45, 2.75) is 13.5 Å². The quantitative estimate of drug-likeness (QED) is 0.486. The molecule has 0 bridgehead atoms. The van der Waals surface area contributed by atoms with Gasteiger partial charge in [-0.05, 0) is 6.92 Å². The van der Waals surface area contributed by atoms with Gasteiger partial charge in [0.05, 0.1) is 19.5 Å². The fourth-order valence-electron chi connectivity index (χ4n) is 0.822. The van der Waals surface area contributed by atoms with E-state index in [4.69, 9.17) is 0 Å². The van der Waals surface area contributed by atoms with Crippen molar-refractivity contribution in [2.75, 3.05) is 6.61 Å². The van der Waals surface area contributed by atoms with Crippen LogP contribution in [-0.2, 0) is 20.9 Å². The molecule has 5 nitrogen and oxygen atoms in total. The molecule has 0 aliphatic heterocycles. The summed E-state index contributed by atoms with van der Waals surface area (Å²) in [5.41, 5.74) is 0. The average Bonchev–Trinajstić information content (AvgIpc) is 2.57. The molecular weight excluding hydrogens is 172 g/mol. The first kappa shape index (κ1) is 9.44. The number of Topliss-reactive ketones (excluding diaryl/α,β-unsaturated/α-hetero) is 1. The Kier molecular flexibility index (Phi) is 3.19. The van der Waals surface area contributed by atoms with Gasteiger partial charge in [0.2, 0.25) is 0 Å². The molecule has 0 saturated heterocycles. The number of carbonyl (C=O) groups excluding carboxylic acids is 2. The minimum absolute atomic E-state index is 0.0150. The Morgan fingerprint density at radius 3 is 2.85 bits per heavy atom. The molecule has 0 spiro atoms. The monoisotopic (exact) mass is 182 g/mol. The Bertz CT molecular complexity index is 292. The van der Waals surface area contributed by atoms with Crippen molar-refractivity contribution in [3.8, 4) is 0 Å². The van der Waals surface area contributed by atoms with E-state index in [1.54, 1.807) is 19.3 Å². The van der Waals surface area contributed by atoms with Crippen molar-refractivity contribution in [1.29, 1.82) is 0 Å². The van der Waals surface area contributed by atoms with Crippen LogP contribution in [0.5, 0.6) is 0 Å². The van der Waals surface area contributed by atoms with Crippen molar-refractivity contribution in [1.82, 2.24) is 9.55 Å². The Morgan fingerprint density at radius 2 is 2.31 bits per heavy atom. The number of hydrogen-bond acceptors (Lipinski definition) is 4. The van der Waals surface area contributed by atoms with Gasteiger partial charge < -0.3 is 9.30 Å². The zero-order valence-corrected chi connectivity index (χ0v) is 7.27. The second kappa shape index (κ2) is 4.39. The molecule has 0 amide bonds. The lowest BCUT2D eigenvalue weighted by Gasteiger charge is -2.00. The van der Waals surface area contributed by atoms with Gasteiger partial charge in [-0.1, -0.05) is 0 Å². The SMILES string of the molecule is CCOC(=O)C(=O)Cn1ccnc1. The van der Waals surface area contributed by atoms with Crippen LogP contribution >= 0.6 is 0 Å². The topological polar surface area (TPSA) is 61.2 Å². The molecular formula is C8H10N2O3. The Hall–Kier alpha value is -1.65. The molecule has 1 aromatic heterocycles. The fourth-order valence-corrected chi connectivity index (χ4v) is 0.822. The van der Waals surface area contributed by atoms with Gasteiger partial charge in [-0.15, -0.1) is 0 Å². The largest absolute Gasteiger partial charge is 0.460 e. The Labute approximate surface area is 75.3 Å². The summed E-state index contributed by atoms with van der Waals surface area (Å²) in [5, 5.41) is 0. The summed E-state index contributed by atoms with van der Waals surface area (Å²) in [6.45, 7) is 1.86. The first-order valence-corrected chi connectivity index (χ1v) is 3.89. The van der Waals surface area contributed by atoms with Crippen LogP contribution < -0.4 is 0 Å². The summed E-state index contributed by atoms with van der Waals surface area (Å²) in [7, 11) is 0. The van der Waals surface area contributed by atoms with E-state index in [0.717, 1.165) is 0 Å². The van der Waals surface area contributed by atoms with E-state index in [9.17, 15) is 9.59 Å². The lowest BCUT2D eigenvalue weighted by atomic mass is 10.4. The third kappa shape index (κ3) is 2.70. The minimum Gasteiger partial charge on any atom is -0.460 e. The summed E-state index contributed by atoms with van der Waals surface area (Å²) in [4.78, 5) is 25.7. The Balaban J connectivity index is 2.46. The minimum atomic E-state index is -0.795. The number of hydrogen-bond donors (Lipinski definition) is 0. The van der Waals surface area contributed by atoms with Crippen molar-refractivity contribution in [3.63, 3.8) is 0 Å². The van der Waals surface area contributed by atoms with E-state index in [2.05, 4.69) is 9.72 Å². The van der Waals surface area contributed by atoms with Crippen molar-refractivity contribution >= 4 is 11.8 Å². The molecule has 0 aliphatic rings. The van der Waals surface area contributed by atoms with Crippen molar-refractivity contribution in [3.05, 3.63) is 18.7 Å². The standard InChI is InChI=1S/C8H10N2O3/c1-2-13-8(12)7(11)5-10-4-3-9-6-10/h3-4,6H,2,5H2,1H3. The number of imidazole rings is 1. The number of nitrogens with zero attached hydrogens (tertiary/aromatic N) is 2. The molecule has 5 heteroatoms. The highest BCUT2D eigenvalue weighted by molar-refractivity contribution is 6.33. The van der Waals surface area contributed by atoms with Gasteiger partial charge in [0.15, 0.2) is 0 Å². The molecule has 0 radical (unpaired) electrons. The molecule has 0 aliphatic carbocycles. The second-order valence-electron chi connectivity index (χ2n) is 2.38. The van der Waals surface area contributed by atoms with Crippen LogP contribution in [-0.4, -0.2) is 27.9 Å². The third-order valence-electron chi connectivity index (χ3n) is 1.39. The van der Waals surface area contributed by atoms with Crippen LogP contribution in [0.15, 0.2) is 18.7 Å². The molecule has 0 fully saturated rings. The number of ether oxygens (including phenoxy) is 1. The normalized spacial score (nSPS) is 9.62. The van der Waals surface area contributed by atoms with Gasteiger partial charge in [0, 0.05) is 12.4 Å². The zero-order chi connectivity index (χ0) is 9.68. The first-order chi connectivity index (χ1) is 6.24. The van der Waals surface area contributed by atoms with Gasteiger partial charge in [0.25, 0.3) is 5.78 Å². The van der Waals surface area contributed by atoms with Crippen LogP contribution in [0, 0.1) is 0 Å². The van der Waals surface area contributed by atoms with Gasteiger partial charge >= 0.3 is 5.97 Å². The summed E-state index contributed by atoms with van der Waals surface area (Å²) in [5.74, 6) is -1.36. The summed E-state index contributed by atoms with van der Waals surface area (Å²) < 4.78 is 6.04. The maximum absolute atomic E-state index is 11.1. The molecule has 1 rings (SSSR count). The van der Waals surface area contributed by atoms with Gasteiger partial charge in [-0.25, -0.2) is 9.78 Å². The fraction of sp³-hybridized carbons (Fsp3) is 0.375. The second-order valence-corrected chi connectivity index (χ2v) is 2.38. The van der Waals surface area contributed by atoms with Gasteiger partial charge in [0.1, 0.15) is 0 Å². The van der Waals surface area contributed by atoms with E-state index in [-0.39, 0.29) is 13.2 Å². The number of carbonyl (C=O) groups is 2. The third-order valence-corrected chi connectivity index (χ3v) is 1.39. The molecule has 70 valence electrons. The average molecular weight is 182 g/mol.